The van der Waals surface area contributed by atoms with E-state index in [9.17, 15) is 4.39 Å². The van der Waals surface area contributed by atoms with Crippen LogP contribution in [0.15, 0.2) is 41.4 Å². The molecule has 0 unspecified atom stereocenters. The molecule has 0 fully saturated rings. The lowest BCUT2D eigenvalue weighted by Crippen LogP contribution is -2.37. The molecule has 0 heterocycles. The lowest BCUT2D eigenvalue weighted by molar-refractivity contribution is 0.145. The van der Waals surface area contributed by atoms with Gasteiger partial charge in [-0.3, -0.25) is 0 Å². The molecule has 2 rings (SSSR count). The van der Waals surface area contributed by atoms with Crippen LogP contribution >= 0.6 is 24.0 Å². The maximum Gasteiger partial charge on any atom is 0.191 e. The molecule has 0 aromatic heterocycles. The maximum atomic E-state index is 14.1. The van der Waals surface area contributed by atoms with E-state index in [0.29, 0.717) is 43.4 Å². The number of hydrogen-bond acceptors (Lipinski definition) is 4. The van der Waals surface area contributed by atoms with E-state index in [0.717, 1.165) is 16.9 Å². The summed E-state index contributed by atoms with van der Waals surface area (Å²) in [7, 11) is 1.63. The average Bonchev–Trinajstić information content (AvgIpc) is 2.72. The Morgan fingerprint density at radius 2 is 1.90 bits per heavy atom. The van der Waals surface area contributed by atoms with Crippen LogP contribution in [-0.4, -0.2) is 32.8 Å². The zero-order valence-corrected chi connectivity index (χ0v) is 19.8. The molecule has 0 spiro atoms. The van der Waals surface area contributed by atoms with Crippen LogP contribution in [0.2, 0.25) is 0 Å². The van der Waals surface area contributed by atoms with Crippen LogP contribution in [0.5, 0.6) is 5.75 Å². The third kappa shape index (κ3) is 8.16. The van der Waals surface area contributed by atoms with Crippen molar-refractivity contribution in [3.63, 3.8) is 0 Å². The Hall–Kier alpha value is -2.38. The van der Waals surface area contributed by atoms with E-state index in [4.69, 9.17) is 14.7 Å². The lowest BCUT2D eigenvalue weighted by Gasteiger charge is -2.14. The SMILES string of the molecule is CCNC(=NCc1ccc(C)cc1OCCOC)NCc1ccc(C#N)cc1F.I. The largest absolute Gasteiger partial charge is 0.491 e. The summed E-state index contributed by atoms with van der Waals surface area (Å²) in [5.41, 5.74) is 2.82. The Kier molecular flexibility index (Phi) is 11.8. The summed E-state index contributed by atoms with van der Waals surface area (Å²) in [6.45, 7) is 6.29. The van der Waals surface area contributed by atoms with Gasteiger partial charge in [-0.1, -0.05) is 18.2 Å². The highest BCUT2D eigenvalue weighted by Crippen LogP contribution is 2.21. The van der Waals surface area contributed by atoms with E-state index in [-0.39, 0.29) is 30.5 Å². The predicted octanol–water partition coefficient (Wildman–Crippen LogP) is 3.90. The number of halogens is 2. The van der Waals surface area contributed by atoms with Crippen LogP contribution in [-0.2, 0) is 17.8 Å². The first-order valence-electron chi connectivity index (χ1n) is 9.49. The molecule has 0 aliphatic rings. The molecule has 0 amide bonds. The lowest BCUT2D eigenvalue weighted by atomic mass is 10.1. The first-order valence-corrected chi connectivity index (χ1v) is 9.49. The molecule has 30 heavy (non-hydrogen) atoms. The number of aliphatic imine (C=N–C) groups is 1. The monoisotopic (exact) mass is 526 g/mol. The average molecular weight is 526 g/mol. The third-order valence-corrected chi connectivity index (χ3v) is 4.15. The predicted molar refractivity (Wildman–Crippen MR) is 127 cm³/mol. The highest BCUT2D eigenvalue weighted by atomic mass is 127. The van der Waals surface area contributed by atoms with Gasteiger partial charge in [0.25, 0.3) is 0 Å². The second-order valence-corrected chi connectivity index (χ2v) is 6.42. The number of hydrogen-bond donors (Lipinski definition) is 2. The number of ether oxygens (including phenoxy) is 2. The summed E-state index contributed by atoms with van der Waals surface area (Å²) >= 11 is 0. The number of nitrogens with zero attached hydrogens (tertiary/aromatic N) is 2. The summed E-state index contributed by atoms with van der Waals surface area (Å²) in [5, 5.41) is 15.1. The Balaban J connectivity index is 0.00000450. The zero-order valence-electron chi connectivity index (χ0n) is 17.5. The van der Waals surface area contributed by atoms with Crippen molar-refractivity contribution >= 4 is 29.9 Å². The molecule has 0 aliphatic heterocycles. The molecule has 0 atom stereocenters. The van der Waals surface area contributed by atoms with Gasteiger partial charge in [-0.2, -0.15) is 5.26 Å². The highest BCUT2D eigenvalue weighted by Gasteiger charge is 2.07. The summed E-state index contributed by atoms with van der Waals surface area (Å²) in [6.07, 6.45) is 0. The minimum atomic E-state index is -0.417. The first kappa shape index (κ1) is 25.7. The zero-order chi connectivity index (χ0) is 21.1. The molecular weight excluding hydrogens is 498 g/mol. The van der Waals surface area contributed by atoms with E-state index < -0.39 is 5.82 Å². The quantitative estimate of drug-likeness (QED) is 0.224. The van der Waals surface area contributed by atoms with E-state index in [1.807, 2.05) is 38.1 Å². The second-order valence-electron chi connectivity index (χ2n) is 6.42. The fourth-order valence-electron chi connectivity index (χ4n) is 2.61. The standard InChI is InChI=1S/C22H27FN4O2.HI/c1-4-25-22(26-14-18-8-6-17(13-24)12-20(18)23)27-15-19-7-5-16(2)11-21(19)29-10-9-28-3;/h5-8,11-12H,4,9-10,14-15H2,1-3H3,(H2,25,26,27);1H. The first-order chi connectivity index (χ1) is 14.1. The normalized spacial score (nSPS) is 10.7. The molecule has 162 valence electrons. The van der Waals surface area contributed by atoms with Gasteiger partial charge in [0.05, 0.1) is 24.8 Å². The number of nitrogens with one attached hydrogen (secondary N) is 2. The number of nitriles is 1. The Labute approximate surface area is 194 Å². The number of guanidine groups is 1. The summed E-state index contributed by atoms with van der Waals surface area (Å²) in [5.74, 6) is 0.930. The van der Waals surface area contributed by atoms with Gasteiger partial charge in [-0.25, -0.2) is 9.38 Å². The fraction of sp³-hybridized carbons (Fsp3) is 0.364. The van der Waals surface area contributed by atoms with Crippen molar-refractivity contribution < 1.29 is 13.9 Å². The van der Waals surface area contributed by atoms with E-state index >= 15 is 0 Å². The van der Waals surface area contributed by atoms with Gasteiger partial charge in [-0.05, 0) is 37.6 Å². The van der Waals surface area contributed by atoms with Gasteiger partial charge in [0, 0.05) is 31.3 Å². The van der Waals surface area contributed by atoms with Crippen molar-refractivity contribution in [3.8, 4) is 11.8 Å². The van der Waals surface area contributed by atoms with Crippen LogP contribution in [0.4, 0.5) is 4.39 Å². The van der Waals surface area contributed by atoms with Crippen molar-refractivity contribution in [1.82, 2.24) is 10.6 Å². The van der Waals surface area contributed by atoms with Crippen LogP contribution < -0.4 is 15.4 Å². The molecular formula is C22H28FIN4O2. The summed E-state index contributed by atoms with van der Waals surface area (Å²) in [4.78, 5) is 4.59. The van der Waals surface area contributed by atoms with Gasteiger partial charge in [0.1, 0.15) is 18.2 Å². The molecule has 2 N–H and O–H groups in total. The summed E-state index contributed by atoms with van der Waals surface area (Å²) < 4.78 is 24.9. The van der Waals surface area contributed by atoms with Gasteiger partial charge in [0.15, 0.2) is 5.96 Å². The van der Waals surface area contributed by atoms with Crippen LogP contribution in [0.1, 0.15) is 29.2 Å². The van der Waals surface area contributed by atoms with E-state index in [1.165, 1.54) is 6.07 Å². The number of benzene rings is 2. The van der Waals surface area contributed by atoms with Crippen molar-refractivity contribution in [2.75, 3.05) is 26.9 Å². The molecule has 0 saturated carbocycles. The molecule has 2 aromatic carbocycles. The Bertz CT molecular complexity index is 884. The Morgan fingerprint density at radius 1 is 1.13 bits per heavy atom. The maximum absolute atomic E-state index is 14.1. The molecule has 0 saturated heterocycles. The fourth-order valence-corrected chi connectivity index (χ4v) is 2.61. The minimum Gasteiger partial charge on any atom is -0.491 e. The smallest absolute Gasteiger partial charge is 0.191 e. The van der Waals surface area contributed by atoms with Crippen LogP contribution in [0.25, 0.3) is 0 Å². The highest BCUT2D eigenvalue weighted by molar-refractivity contribution is 14.0. The van der Waals surface area contributed by atoms with Crippen molar-refractivity contribution in [1.29, 1.82) is 5.26 Å². The van der Waals surface area contributed by atoms with E-state index in [1.54, 1.807) is 19.2 Å². The van der Waals surface area contributed by atoms with Crippen LogP contribution in [0.3, 0.4) is 0 Å². The number of rotatable bonds is 9. The van der Waals surface area contributed by atoms with Gasteiger partial charge in [0.2, 0.25) is 0 Å². The number of methoxy groups -OCH3 is 1. The molecule has 2 aromatic rings. The van der Waals surface area contributed by atoms with Crippen molar-refractivity contribution in [3.05, 3.63) is 64.5 Å². The van der Waals surface area contributed by atoms with Crippen LogP contribution in [0, 0.1) is 24.1 Å². The summed E-state index contributed by atoms with van der Waals surface area (Å²) in [6, 6.07) is 12.3. The second kappa shape index (κ2) is 13.8. The molecule has 0 bridgehead atoms. The molecule has 0 aliphatic carbocycles. The van der Waals surface area contributed by atoms with Crippen molar-refractivity contribution in [2.24, 2.45) is 4.99 Å². The number of aryl methyl sites for hydroxylation is 1. The molecule has 0 radical (unpaired) electrons. The van der Waals surface area contributed by atoms with Crippen molar-refractivity contribution in [2.45, 2.75) is 26.9 Å². The minimum absolute atomic E-state index is 0. The molecule has 6 nitrogen and oxygen atoms in total. The molecule has 8 heteroatoms. The van der Waals surface area contributed by atoms with Gasteiger partial charge >= 0.3 is 0 Å². The third-order valence-electron chi connectivity index (χ3n) is 4.15. The van der Waals surface area contributed by atoms with E-state index in [2.05, 4.69) is 15.6 Å². The topological polar surface area (TPSA) is 78.7 Å². The van der Waals surface area contributed by atoms with Gasteiger partial charge in [-0.15, -0.1) is 24.0 Å². The van der Waals surface area contributed by atoms with Gasteiger partial charge < -0.3 is 20.1 Å². The Morgan fingerprint density at radius 3 is 2.57 bits per heavy atom.